The minimum Gasteiger partial charge on any atom is -0.399 e. The van der Waals surface area contributed by atoms with Crippen molar-refractivity contribution in [3.05, 3.63) is 54.1 Å². The molecule has 2 heteroatoms. The highest BCUT2D eigenvalue weighted by molar-refractivity contribution is 5.70. The molecule has 9 unspecified atom stereocenters. The molecule has 38 heavy (non-hydrogen) atoms. The summed E-state index contributed by atoms with van der Waals surface area (Å²) in [6.45, 7) is 16.8. The van der Waals surface area contributed by atoms with Gasteiger partial charge in [-0.25, -0.2) is 0 Å². The molecule has 208 valence electrons. The van der Waals surface area contributed by atoms with Gasteiger partial charge in [0.25, 0.3) is 0 Å². The van der Waals surface area contributed by atoms with Crippen molar-refractivity contribution in [3.63, 3.8) is 0 Å². The van der Waals surface area contributed by atoms with Crippen molar-refractivity contribution in [2.75, 3.05) is 11.5 Å². The van der Waals surface area contributed by atoms with Gasteiger partial charge in [0.2, 0.25) is 0 Å². The van der Waals surface area contributed by atoms with Gasteiger partial charge < -0.3 is 11.5 Å². The van der Waals surface area contributed by atoms with Crippen molar-refractivity contribution in [3.8, 4) is 0 Å². The minimum absolute atomic E-state index is 0.466. The summed E-state index contributed by atoms with van der Waals surface area (Å²) >= 11 is 0. The Hall–Kier alpha value is -1.96. The molecule has 5 rings (SSSR count). The van der Waals surface area contributed by atoms with Gasteiger partial charge in [-0.3, -0.25) is 0 Å². The van der Waals surface area contributed by atoms with Crippen LogP contribution in [0.1, 0.15) is 104 Å². The van der Waals surface area contributed by atoms with E-state index in [0.29, 0.717) is 22.7 Å². The number of fused-ring (bicyclic) bond motifs is 5. The number of allylic oxidation sites excluding steroid dienone is 5. The van der Waals surface area contributed by atoms with Crippen molar-refractivity contribution >= 4 is 16.9 Å². The third-order valence-electron chi connectivity index (χ3n) is 12.1. The highest BCUT2D eigenvalue weighted by atomic mass is 14.6. The highest BCUT2D eigenvalue weighted by Crippen LogP contribution is 2.67. The summed E-state index contributed by atoms with van der Waals surface area (Å²) in [5, 5.41) is 0. The summed E-state index contributed by atoms with van der Waals surface area (Å²) in [4.78, 5) is 0. The molecule has 0 aromatic heterocycles. The fourth-order valence-corrected chi connectivity index (χ4v) is 10.0. The molecule has 0 amide bonds. The van der Waals surface area contributed by atoms with E-state index in [4.69, 9.17) is 11.5 Å². The van der Waals surface area contributed by atoms with Gasteiger partial charge in [-0.1, -0.05) is 51.2 Å². The predicted molar refractivity (Wildman–Crippen MR) is 165 cm³/mol. The Bertz CT molecular complexity index is 1070. The van der Waals surface area contributed by atoms with Crippen molar-refractivity contribution in [1.29, 1.82) is 0 Å². The molecular weight excluding hydrogens is 460 g/mol. The van der Waals surface area contributed by atoms with Gasteiger partial charge in [0, 0.05) is 11.4 Å². The van der Waals surface area contributed by atoms with Crippen LogP contribution in [0.5, 0.6) is 0 Å². The first-order valence-electron chi connectivity index (χ1n) is 15.7. The van der Waals surface area contributed by atoms with E-state index in [9.17, 15) is 0 Å². The van der Waals surface area contributed by atoms with Crippen LogP contribution >= 0.6 is 0 Å². The Morgan fingerprint density at radius 1 is 0.974 bits per heavy atom. The molecule has 0 radical (unpaired) electrons. The van der Waals surface area contributed by atoms with Gasteiger partial charge in [0.05, 0.1) is 0 Å². The maximum absolute atomic E-state index is 6.07. The second-order valence-corrected chi connectivity index (χ2v) is 14.7. The average molecular weight is 515 g/mol. The van der Waals surface area contributed by atoms with Crippen LogP contribution in [-0.4, -0.2) is 0 Å². The molecule has 0 aliphatic heterocycles. The van der Waals surface area contributed by atoms with Crippen LogP contribution < -0.4 is 11.5 Å². The van der Waals surface area contributed by atoms with E-state index in [1.165, 1.54) is 68.9 Å². The number of nitrogen functional groups attached to an aromatic ring is 2. The largest absolute Gasteiger partial charge is 0.399 e. The first kappa shape index (κ1) is 27.6. The SMILES string of the molecule is C=C(CC1CCC2(C)C(C=CC3C2CCC2(C)C(C(C)CCC=C(C)C)CCC32)C1)c1cc(N)cc(N)c1. The van der Waals surface area contributed by atoms with Crippen LogP contribution in [0.2, 0.25) is 0 Å². The van der Waals surface area contributed by atoms with Gasteiger partial charge in [0.1, 0.15) is 0 Å². The molecule has 9 atom stereocenters. The maximum Gasteiger partial charge on any atom is 0.0340 e. The van der Waals surface area contributed by atoms with Crippen LogP contribution in [0.25, 0.3) is 5.57 Å². The predicted octanol–water partition coefficient (Wildman–Crippen LogP) is 9.69. The molecule has 0 saturated heterocycles. The lowest BCUT2D eigenvalue weighted by atomic mass is 9.45. The molecule has 0 spiro atoms. The molecule has 3 fully saturated rings. The van der Waals surface area contributed by atoms with E-state index in [1.807, 2.05) is 18.2 Å². The van der Waals surface area contributed by atoms with Crippen molar-refractivity contribution in [1.82, 2.24) is 0 Å². The topological polar surface area (TPSA) is 52.0 Å². The van der Waals surface area contributed by atoms with E-state index in [-0.39, 0.29) is 0 Å². The van der Waals surface area contributed by atoms with Crippen molar-refractivity contribution < 1.29 is 0 Å². The van der Waals surface area contributed by atoms with Crippen LogP contribution in [-0.2, 0) is 0 Å². The van der Waals surface area contributed by atoms with E-state index < -0.39 is 0 Å². The van der Waals surface area contributed by atoms with Gasteiger partial charge in [-0.05, 0) is 160 Å². The van der Waals surface area contributed by atoms with Crippen LogP contribution in [0.3, 0.4) is 0 Å². The van der Waals surface area contributed by atoms with E-state index in [0.717, 1.165) is 52.9 Å². The summed E-state index contributed by atoms with van der Waals surface area (Å²) in [5.74, 6) is 5.71. The van der Waals surface area contributed by atoms with Crippen LogP contribution in [0, 0.1) is 52.3 Å². The maximum atomic E-state index is 6.07. The molecule has 1 aromatic carbocycles. The average Bonchev–Trinajstić information content (AvgIpc) is 3.20. The number of hydrogen-bond acceptors (Lipinski definition) is 2. The fraction of sp³-hybridized carbons (Fsp3) is 0.667. The second kappa shape index (κ2) is 10.5. The van der Waals surface area contributed by atoms with Crippen LogP contribution in [0.4, 0.5) is 11.4 Å². The standard InChI is InChI=1S/C36H54N2/c1-23(2)8-7-9-24(3)32-12-13-33-31-11-10-28-19-26(18-25(4)27-20-29(37)22-30(38)21-27)14-16-35(28,5)34(31)15-17-36(32,33)6/h8,10-11,20-22,24,26,28,31-34H,4,7,9,12-19,37-38H2,1-3,5-6H3. The zero-order valence-electron chi connectivity index (χ0n) is 24.9. The monoisotopic (exact) mass is 514 g/mol. The quantitative estimate of drug-likeness (QED) is 0.281. The van der Waals surface area contributed by atoms with E-state index in [2.05, 4.69) is 59.4 Å². The number of nitrogens with two attached hydrogens (primary N) is 2. The number of rotatable bonds is 7. The Labute approximate surface area is 233 Å². The lowest BCUT2D eigenvalue weighted by molar-refractivity contribution is -0.0707. The first-order chi connectivity index (χ1) is 18.0. The summed E-state index contributed by atoms with van der Waals surface area (Å²) in [6, 6.07) is 5.90. The summed E-state index contributed by atoms with van der Waals surface area (Å²) < 4.78 is 0. The lowest BCUT2D eigenvalue weighted by Crippen LogP contribution is -2.52. The van der Waals surface area contributed by atoms with Crippen molar-refractivity contribution in [2.24, 2.45) is 52.3 Å². The Morgan fingerprint density at radius 3 is 2.37 bits per heavy atom. The van der Waals surface area contributed by atoms with Crippen molar-refractivity contribution in [2.45, 2.75) is 98.8 Å². The second-order valence-electron chi connectivity index (χ2n) is 14.7. The molecule has 4 N–H and O–H groups in total. The molecule has 0 bridgehead atoms. The number of hydrogen-bond donors (Lipinski definition) is 2. The normalized spacial score (nSPS) is 38.6. The Kier molecular flexibility index (Phi) is 7.66. The van der Waals surface area contributed by atoms with Gasteiger partial charge in [-0.15, -0.1) is 0 Å². The molecule has 2 nitrogen and oxygen atoms in total. The highest BCUT2D eigenvalue weighted by Gasteiger charge is 2.59. The zero-order chi connectivity index (χ0) is 27.2. The third kappa shape index (κ3) is 5.02. The summed E-state index contributed by atoms with van der Waals surface area (Å²) in [6.07, 6.45) is 21.3. The van der Waals surface area contributed by atoms with Gasteiger partial charge in [0.15, 0.2) is 0 Å². The molecule has 1 aromatic rings. The Morgan fingerprint density at radius 2 is 1.66 bits per heavy atom. The zero-order valence-corrected chi connectivity index (χ0v) is 24.9. The van der Waals surface area contributed by atoms with Gasteiger partial charge >= 0.3 is 0 Å². The molecule has 4 aliphatic rings. The summed E-state index contributed by atoms with van der Waals surface area (Å²) in [7, 11) is 0. The third-order valence-corrected chi connectivity index (χ3v) is 12.1. The smallest absolute Gasteiger partial charge is 0.0340 e. The number of anilines is 2. The van der Waals surface area contributed by atoms with Crippen LogP contribution in [0.15, 0.2) is 48.6 Å². The minimum atomic E-state index is 0.466. The molecule has 3 saturated carbocycles. The molecule has 0 heterocycles. The lowest BCUT2D eigenvalue weighted by Gasteiger charge is -2.59. The summed E-state index contributed by atoms with van der Waals surface area (Å²) in [5.41, 5.74) is 18.4. The fourth-order valence-electron chi connectivity index (χ4n) is 10.0. The van der Waals surface area contributed by atoms with Gasteiger partial charge in [-0.2, -0.15) is 0 Å². The molecule has 4 aliphatic carbocycles. The Balaban J connectivity index is 1.26. The van der Waals surface area contributed by atoms with E-state index in [1.54, 1.807) is 0 Å². The number of benzene rings is 1. The first-order valence-corrected chi connectivity index (χ1v) is 15.7. The van der Waals surface area contributed by atoms with E-state index >= 15 is 0 Å². The molecular formula is C36H54N2.